The van der Waals surface area contributed by atoms with Crippen molar-refractivity contribution in [3.05, 3.63) is 35.9 Å². The van der Waals surface area contributed by atoms with Crippen molar-refractivity contribution in [1.29, 1.82) is 0 Å². The van der Waals surface area contributed by atoms with Gasteiger partial charge < -0.3 is 34.9 Å². The number of methoxy groups -OCH3 is 1. The van der Waals surface area contributed by atoms with Crippen LogP contribution in [0.5, 0.6) is 17.4 Å². The lowest BCUT2D eigenvalue weighted by atomic mass is 10.1. The fourth-order valence-electron chi connectivity index (χ4n) is 6.74. The lowest BCUT2D eigenvalue weighted by Crippen LogP contribution is -2.67. The Bertz CT molecular complexity index is 1670. The molecule has 1 saturated heterocycles. The second-order valence-electron chi connectivity index (χ2n) is 14.6. The van der Waals surface area contributed by atoms with Gasteiger partial charge in [0.2, 0.25) is 11.8 Å². The van der Waals surface area contributed by atoms with Gasteiger partial charge >= 0.3 is 0 Å². The van der Waals surface area contributed by atoms with Crippen LogP contribution in [0.4, 0.5) is 0 Å². The van der Waals surface area contributed by atoms with E-state index in [0.717, 1.165) is 43.1 Å². The van der Waals surface area contributed by atoms with Gasteiger partial charge in [0, 0.05) is 34.1 Å². The van der Waals surface area contributed by atoms with Gasteiger partial charge in [-0.3, -0.25) is 14.4 Å². The zero-order chi connectivity index (χ0) is 36.4. The Labute approximate surface area is 299 Å². The molecule has 3 aliphatic rings. The molecule has 0 radical (unpaired) electrons. The van der Waals surface area contributed by atoms with Crippen LogP contribution in [0.15, 0.2) is 30.4 Å². The lowest BCUT2D eigenvalue weighted by molar-refractivity contribution is -0.400. The Kier molecular flexibility index (Phi) is 11.5. The summed E-state index contributed by atoms with van der Waals surface area (Å²) >= 11 is 0. The summed E-state index contributed by atoms with van der Waals surface area (Å²) in [7, 11) is 1.22. The van der Waals surface area contributed by atoms with Gasteiger partial charge in [-0.1, -0.05) is 42.6 Å². The number of benzene rings is 1. The average Bonchev–Trinajstić information content (AvgIpc) is 3.95. The van der Waals surface area contributed by atoms with Crippen molar-refractivity contribution in [3.63, 3.8) is 0 Å². The summed E-state index contributed by atoms with van der Waals surface area (Å²) in [5, 5.41) is 6.01. The monoisotopic (exact) mass is 710 g/mol. The van der Waals surface area contributed by atoms with Crippen molar-refractivity contribution >= 4 is 44.7 Å². The third-order valence-electron chi connectivity index (χ3n) is 10.0. The molecule has 3 fully saturated rings. The Morgan fingerprint density at radius 1 is 1.20 bits per heavy atom. The standard InChI is InChI=1S/C38H55N5O6S/c1-9-11-12-13-14-26-21-38(26,36(46)42-50(10-2)37(7)17-18-37)41-34(44)29-19-27(22-43(29)35(45)25(6)39)49-31-20-32(48-23(3)4)40-33-24(5)30(47-8)16-15-28(31)33/h10,13-16,20,23,25-27,29H,9,11-12,17-19,21-22,39H2,1-8H3,(H,41,44)(H,42,46)/p+1/b14-13-/t25-,26+,27+,29-,38+,50?/m0/s1. The number of allylic oxidation sites excluding steroid dienone is 1. The molecule has 5 N–H and O–H groups in total. The van der Waals surface area contributed by atoms with Crippen LogP contribution in [0.1, 0.15) is 92.1 Å². The van der Waals surface area contributed by atoms with Crippen LogP contribution in [0, 0.1) is 12.8 Å². The highest BCUT2D eigenvalue weighted by Crippen LogP contribution is 2.52. The van der Waals surface area contributed by atoms with Crippen molar-refractivity contribution in [1.82, 2.24) is 19.9 Å². The van der Waals surface area contributed by atoms with Crippen molar-refractivity contribution in [2.24, 2.45) is 5.92 Å². The second-order valence-corrected chi connectivity index (χ2v) is 16.9. The maximum absolute atomic E-state index is 14.3. The Hall–Kier alpha value is -3.64. The van der Waals surface area contributed by atoms with E-state index in [1.165, 1.54) is 0 Å². The Balaban J connectivity index is 1.42. The topological polar surface area (TPSA) is 147 Å². The number of pyridine rings is 1. The van der Waals surface area contributed by atoms with Crippen molar-refractivity contribution < 1.29 is 34.3 Å². The van der Waals surface area contributed by atoms with Gasteiger partial charge in [0.05, 0.1) is 25.3 Å². The van der Waals surface area contributed by atoms with Crippen molar-refractivity contribution in [3.8, 4) is 17.4 Å². The predicted octanol–water partition coefficient (Wildman–Crippen LogP) is 4.61. The summed E-state index contributed by atoms with van der Waals surface area (Å²) in [6.45, 7) is 14.0. The van der Waals surface area contributed by atoms with Crippen LogP contribution in [-0.2, 0) is 14.4 Å². The number of likely N-dealkylation sites (tertiary alicyclic amines) is 1. The normalized spacial score (nSPS) is 25.1. The molecule has 1 aromatic carbocycles. The first-order chi connectivity index (χ1) is 23.8. The number of carbonyl (C=O) groups excluding carboxylic acids is 3. The number of ether oxygens (including phenoxy) is 3. The summed E-state index contributed by atoms with van der Waals surface area (Å²) in [4.78, 5) is 48.2. The maximum Gasteiger partial charge on any atom is 0.281 e. The molecule has 1 unspecified atom stereocenters. The molecule has 2 aromatic rings. The average molecular weight is 711 g/mol. The first-order valence-electron chi connectivity index (χ1n) is 18.0. The van der Waals surface area contributed by atoms with Crippen LogP contribution in [0.3, 0.4) is 0 Å². The molecule has 6 atom stereocenters. The van der Waals surface area contributed by atoms with Crippen molar-refractivity contribution in [2.75, 3.05) is 13.7 Å². The molecule has 12 heteroatoms. The van der Waals surface area contributed by atoms with Gasteiger partial charge in [0.25, 0.3) is 11.8 Å². The molecule has 274 valence electrons. The maximum atomic E-state index is 14.3. The molecule has 2 heterocycles. The van der Waals surface area contributed by atoms with E-state index in [1.54, 1.807) is 25.0 Å². The Morgan fingerprint density at radius 2 is 1.94 bits per heavy atom. The molecule has 50 heavy (non-hydrogen) atoms. The van der Waals surface area contributed by atoms with E-state index in [9.17, 15) is 14.4 Å². The van der Waals surface area contributed by atoms with Crippen LogP contribution >= 0.6 is 10.7 Å². The molecular formula is C38H56N5O6S+. The van der Waals surface area contributed by atoms with E-state index in [0.29, 0.717) is 29.3 Å². The number of amides is 3. The Morgan fingerprint density at radius 3 is 2.56 bits per heavy atom. The minimum Gasteiger partial charge on any atom is -0.496 e. The van der Waals surface area contributed by atoms with Gasteiger partial charge in [-0.05, 0) is 84.7 Å². The fraction of sp³-hybridized carbons (Fsp3) is 0.605. The van der Waals surface area contributed by atoms with E-state index in [2.05, 4.69) is 47.1 Å². The minimum atomic E-state index is -1.07. The number of nitrogens with zero attached hydrogens (tertiary/aromatic N) is 2. The summed E-state index contributed by atoms with van der Waals surface area (Å²) in [6.07, 6.45) is 9.56. The number of rotatable bonds is 15. The first-order valence-corrected chi connectivity index (χ1v) is 19.3. The number of unbranched alkanes of at least 4 members (excludes halogenated alkanes) is 2. The number of hydrogen-bond donors (Lipinski definition) is 3. The number of carbonyl (C=O) groups is 3. The molecule has 0 bridgehead atoms. The molecule has 1 aliphatic heterocycles. The molecule has 2 aliphatic carbocycles. The number of fused-ring (bicyclic) bond motifs is 1. The number of aryl methyl sites for hydroxylation is 1. The summed E-state index contributed by atoms with van der Waals surface area (Å²) in [5.41, 5.74) is 4.43. The largest absolute Gasteiger partial charge is 0.496 e. The SMILES string of the molecule is C/C=S(/NC(=O)[C@@]1(NC(=O)[C@@H]2C[C@@H](Oc3cc(OC(C)C)nc4c(C)c(OC)ccc34)CN2C(=O)[C@H](C)[NH3+])C[C@H]1/C=C\CCCC)C1(C)CC1. The smallest absolute Gasteiger partial charge is 0.281 e. The summed E-state index contributed by atoms with van der Waals surface area (Å²) in [5.74, 6) is 0.776. The number of quaternary nitrogens is 1. The van der Waals surface area contributed by atoms with Crippen LogP contribution < -0.4 is 30.0 Å². The molecule has 3 amide bonds. The number of nitrogens with one attached hydrogen (secondary N) is 2. The zero-order valence-corrected chi connectivity index (χ0v) is 31.8. The van der Waals surface area contributed by atoms with Crippen LogP contribution in [-0.4, -0.2) is 81.2 Å². The van der Waals surface area contributed by atoms with E-state index < -0.39 is 34.4 Å². The van der Waals surface area contributed by atoms with E-state index in [1.807, 2.05) is 39.8 Å². The third kappa shape index (κ3) is 7.96. The fourth-order valence-corrected chi connectivity index (χ4v) is 8.59. The molecular weight excluding hydrogens is 655 g/mol. The lowest BCUT2D eigenvalue weighted by Gasteiger charge is -2.27. The van der Waals surface area contributed by atoms with Crippen LogP contribution in [0.2, 0.25) is 0 Å². The van der Waals surface area contributed by atoms with Gasteiger partial charge in [-0.25, -0.2) is 4.98 Å². The molecule has 0 spiro atoms. The van der Waals surface area contributed by atoms with Gasteiger partial charge in [-0.15, -0.1) is 0 Å². The van der Waals surface area contributed by atoms with Crippen molar-refractivity contribution in [2.45, 2.75) is 128 Å². The third-order valence-corrected chi connectivity index (χ3v) is 12.4. The molecule has 11 nitrogen and oxygen atoms in total. The molecule has 5 rings (SSSR count). The van der Waals surface area contributed by atoms with Gasteiger partial charge in [0.15, 0.2) is 6.04 Å². The zero-order valence-electron chi connectivity index (χ0n) is 31.0. The first kappa shape index (κ1) is 37.6. The minimum absolute atomic E-state index is 0.0708. The highest BCUT2D eigenvalue weighted by Gasteiger charge is 2.61. The molecule has 1 aromatic heterocycles. The highest BCUT2D eigenvalue weighted by molar-refractivity contribution is 8.15. The van der Waals surface area contributed by atoms with E-state index >= 15 is 0 Å². The second kappa shape index (κ2) is 15.3. The van der Waals surface area contributed by atoms with E-state index in [-0.39, 0.29) is 47.5 Å². The highest BCUT2D eigenvalue weighted by atomic mass is 32.2. The predicted molar refractivity (Wildman–Crippen MR) is 198 cm³/mol. The number of aromatic nitrogens is 1. The molecule has 2 saturated carbocycles. The quantitative estimate of drug-likeness (QED) is 0.139. The van der Waals surface area contributed by atoms with Crippen LogP contribution in [0.25, 0.3) is 10.9 Å². The van der Waals surface area contributed by atoms with Gasteiger partial charge in [-0.2, -0.15) is 0 Å². The summed E-state index contributed by atoms with van der Waals surface area (Å²) < 4.78 is 21.5. The van der Waals surface area contributed by atoms with E-state index in [4.69, 9.17) is 19.2 Å². The summed E-state index contributed by atoms with van der Waals surface area (Å²) in [6, 6.07) is 4.14. The number of hydrogen-bond acceptors (Lipinski definition) is 7. The van der Waals surface area contributed by atoms with Gasteiger partial charge in [0.1, 0.15) is 29.2 Å².